The number of carbonyl (C=O) groups is 1. The number of benzene rings is 1. The Morgan fingerprint density at radius 1 is 1.09 bits per heavy atom. The summed E-state index contributed by atoms with van der Waals surface area (Å²) in [6, 6.07) is 11.6. The van der Waals surface area contributed by atoms with Gasteiger partial charge in [-0.3, -0.25) is 4.79 Å². The molecule has 116 valence electrons. The molecule has 0 spiro atoms. The molecule has 0 bridgehead atoms. The van der Waals surface area contributed by atoms with Crippen molar-refractivity contribution in [3.8, 4) is 11.3 Å². The van der Waals surface area contributed by atoms with E-state index >= 15 is 0 Å². The minimum Gasteiger partial charge on any atom is -0.451 e. The third-order valence-corrected chi connectivity index (χ3v) is 4.44. The van der Waals surface area contributed by atoms with Gasteiger partial charge in [0.05, 0.1) is 0 Å². The first kappa shape index (κ1) is 14.7. The summed E-state index contributed by atoms with van der Waals surface area (Å²) in [5.41, 5.74) is 7.33. The molecular formula is C18H22N2O2. The Bertz CT molecular complexity index is 650. The van der Waals surface area contributed by atoms with Gasteiger partial charge in [-0.1, -0.05) is 0 Å². The number of piperidine rings is 1. The maximum Gasteiger partial charge on any atom is 0.290 e. The minimum absolute atomic E-state index is 0.0126. The number of hydrogen-bond donors (Lipinski definition) is 1. The molecule has 1 fully saturated rings. The molecule has 4 heteroatoms. The van der Waals surface area contributed by atoms with Crippen LogP contribution in [0.15, 0.2) is 40.8 Å². The highest BCUT2D eigenvalue weighted by Crippen LogP contribution is 2.28. The highest BCUT2D eigenvalue weighted by atomic mass is 16.4. The molecule has 2 atom stereocenters. The van der Waals surface area contributed by atoms with Gasteiger partial charge in [0.2, 0.25) is 0 Å². The first-order valence-corrected chi connectivity index (χ1v) is 7.84. The fourth-order valence-electron chi connectivity index (χ4n) is 3.20. The summed E-state index contributed by atoms with van der Waals surface area (Å²) in [4.78, 5) is 14.7. The number of furan rings is 1. The van der Waals surface area contributed by atoms with Gasteiger partial charge in [0.25, 0.3) is 5.91 Å². The number of nitrogens with two attached hydrogens (primary N) is 1. The van der Waals surface area contributed by atoms with Crippen molar-refractivity contribution in [3.05, 3.63) is 42.2 Å². The zero-order valence-corrected chi connectivity index (χ0v) is 13.1. The number of rotatable bonds is 2. The van der Waals surface area contributed by atoms with Crippen LogP contribution in [-0.2, 0) is 0 Å². The van der Waals surface area contributed by atoms with Crippen molar-refractivity contribution in [2.45, 2.75) is 45.2 Å². The third-order valence-electron chi connectivity index (χ3n) is 4.44. The van der Waals surface area contributed by atoms with Crippen LogP contribution in [-0.4, -0.2) is 22.9 Å². The summed E-state index contributed by atoms with van der Waals surface area (Å²) in [7, 11) is 0. The predicted molar refractivity (Wildman–Crippen MR) is 87.5 cm³/mol. The Kier molecular flexibility index (Phi) is 3.92. The number of carbonyl (C=O) groups excluding carboxylic acids is 1. The van der Waals surface area contributed by atoms with E-state index in [0.29, 0.717) is 17.2 Å². The maximum atomic E-state index is 12.7. The van der Waals surface area contributed by atoms with Gasteiger partial charge >= 0.3 is 0 Å². The Hall–Kier alpha value is -2.23. The largest absolute Gasteiger partial charge is 0.451 e. The van der Waals surface area contributed by atoms with E-state index < -0.39 is 0 Å². The fraction of sp³-hybridized carbons (Fsp3) is 0.389. The van der Waals surface area contributed by atoms with E-state index in [1.54, 1.807) is 6.07 Å². The average Bonchev–Trinajstić information content (AvgIpc) is 2.97. The molecule has 0 unspecified atom stereocenters. The van der Waals surface area contributed by atoms with Crippen molar-refractivity contribution >= 4 is 11.6 Å². The van der Waals surface area contributed by atoms with E-state index in [1.807, 2.05) is 35.2 Å². The van der Waals surface area contributed by atoms with E-state index in [2.05, 4.69) is 13.8 Å². The van der Waals surface area contributed by atoms with Crippen LogP contribution in [0.3, 0.4) is 0 Å². The second kappa shape index (κ2) is 5.87. The molecule has 1 aromatic heterocycles. The summed E-state index contributed by atoms with van der Waals surface area (Å²) in [5.74, 6) is 1.09. The van der Waals surface area contributed by atoms with Crippen LogP contribution in [0.5, 0.6) is 0 Å². The number of likely N-dealkylation sites (tertiary alicyclic amines) is 1. The smallest absolute Gasteiger partial charge is 0.290 e. The highest BCUT2D eigenvalue weighted by Gasteiger charge is 2.31. The molecule has 0 saturated carbocycles. The molecular weight excluding hydrogens is 276 g/mol. The van der Waals surface area contributed by atoms with Crippen molar-refractivity contribution < 1.29 is 9.21 Å². The van der Waals surface area contributed by atoms with Crippen LogP contribution in [0, 0.1) is 0 Å². The normalized spacial score (nSPS) is 21.8. The summed E-state index contributed by atoms with van der Waals surface area (Å²) in [6.45, 7) is 4.22. The molecule has 2 aromatic rings. The quantitative estimate of drug-likeness (QED) is 0.854. The lowest BCUT2D eigenvalue weighted by Crippen LogP contribution is -2.47. The Balaban J connectivity index is 1.83. The van der Waals surface area contributed by atoms with Gasteiger partial charge in [-0.2, -0.15) is 0 Å². The van der Waals surface area contributed by atoms with E-state index in [-0.39, 0.29) is 18.0 Å². The molecule has 3 rings (SSSR count). The van der Waals surface area contributed by atoms with Gasteiger partial charge in [-0.15, -0.1) is 0 Å². The van der Waals surface area contributed by atoms with E-state index in [0.717, 1.165) is 18.4 Å². The zero-order chi connectivity index (χ0) is 15.7. The Morgan fingerprint density at radius 3 is 2.36 bits per heavy atom. The van der Waals surface area contributed by atoms with Crippen LogP contribution in [0.25, 0.3) is 11.3 Å². The van der Waals surface area contributed by atoms with Crippen molar-refractivity contribution in [2.75, 3.05) is 5.73 Å². The Labute approximate surface area is 130 Å². The van der Waals surface area contributed by atoms with Crippen molar-refractivity contribution in [1.29, 1.82) is 0 Å². The van der Waals surface area contributed by atoms with Gasteiger partial charge in [0, 0.05) is 23.3 Å². The van der Waals surface area contributed by atoms with Gasteiger partial charge in [0.15, 0.2) is 5.76 Å². The van der Waals surface area contributed by atoms with Gasteiger partial charge in [0.1, 0.15) is 5.76 Å². The summed E-state index contributed by atoms with van der Waals surface area (Å²) < 4.78 is 5.79. The van der Waals surface area contributed by atoms with Crippen LogP contribution in [0.1, 0.15) is 43.7 Å². The lowest BCUT2D eigenvalue weighted by atomic mass is 9.97. The molecule has 2 N–H and O–H groups in total. The van der Waals surface area contributed by atoms with Crippen LogP contribution in [0.2, 0.25) is 0 Å². The predicted octanol–water partition coefficient (Wildman–Crippen LogP) is 3.93. The van der Waals surface area contributed by atoms with E-state index in [9.17, 15) is 4.79 Å². The number of hydrogen-bond acceptors (Lipinski definition) is 3. The molecule has 1 aliphatic rings. The first-order chi connectivity index (χ1) is 10.6. The second-order valence-electron chi connectivity index (χ2n) is 6.13. The van der Waals surface area contributed by atoms with Crippen LogP contribution >= 0.6 is 0 Å². The van der Waals surface area contributed by atoms with Gasteiger partial charge < -0.3 is 15.1 Å². The lowest BCUT2D eigenvalue weighted by molar-refractivity contribution is 0.0479. The number of nitrogen functional groups attached to an aromatic ring is 1. The summed E-state index contributed by atoms with van der Waals surface area (Å²) >= 11 is 0. The van der Waals surface area contributed by atoms with E-state index in [4.69, 9.17) is 10.2 Å². The standard InChI is InChI=1S/C18H22N2O2/c1-12-4-3-5-13(2)20(12)18(21)17-11-10-16(22-17)14-6-8-15(19)9-7-14/h6-13H,3-5,19H2,1-2H3/t12-,13-/m1/s1. The monoisotopic (exact) mass is 298 g/mol. The van der Waals surface area contributed by atoms with Crippen molar-refractivity contribution in [3.63, 3.8) is 0 Å². The molecule has 0 radical (unpaired) electrons. The van der Waals surface area contributed by atoms with Gasteiger partial charge in [-0.25, -0.2) is 0 Å². The molecule has 1 aromatic carbocycles. The number of nitrogens with zero attached hydrogens (tertiary/aromatic N) is 1. The van der Waals surface area contributed by atoms with Crippen molar-refractivity contribution in [2.24, 2.45) is 0 Å². The van der Waals surface area contributed by atoms with Crippen LogP contribution in [0.4, 0.5) is 5.69 Å². The topological polar surface area (TPSA) is 59.5 Å². The molecule has 2 heterocycles. The molecule has 1 amide bonds. The zero-order valence-electron chi connectivity index (χ0n) is 13.1. The summed E-state index contributed by atoms with van der Waals surface area (Å²) in [5, 5.41) is 0. The highest BCUT2D eigenvalue weighted by molar-refractivity contribution is 5.92. The lowest BCUT2D eigenvalue weighted by Gasteiger charge is -2.38. The molecule has 1 saturated heterocycles. The first-order valence-electron chi connectivity index (χ1n) is 7.84. The summed E-state index contributed by atoms with van der Waals surface area (Å²) in [6.07, 6.45) is 3.30. The SMILES string of the molecule is C[C@@H]1CCC[C@@H](C)N1C(=O)c1ccc(-c2ccc(N)cc2)o1. The molecule has 22 heavy (non-hydrogen) atoms. The number of amides is 1. The van der Waals surface area contributed by atoms with Crippen molar-refractivity contribution in [1.82, 2.24) is 4.90 Å². The maximum absolute atomic E-state index is 12.7. The van der Waals surface area contributed by atoms with Crippen LogP contribution < -0.4 is 5.73 Å². The van der Waals surface area contributed by atoms with E-state index in [1.165, 1.54) is 6.42 Å². The molecule has 4 nitrogen and oxygen atoms in total. The average molecular weight is 298 g/mol. The van der Waals surface area contributed by atoms with Gasteiger partial charge in [-0.05, 0) is 69.5 Å². The third kappa shape index (κ3) is 2.73. The number of anilines is 1. The fourth-order valence-corrected chi connectivity index (χ4v) is 3.20. The Morgan fingerprint density at radius 2 is 1.73 bits per heavy atom. The molecule has 1 aliphatic heterocycles. The second-order valence-corrected chi connectivity index (χ2v) is 6.13. The minimum atomic E-state index is -0.0126. The molecule has 0 aliphatic carbocycles.